The molecule has 7 heteroatoms. The molecule has 4 nitrogen and oxygen atoms in total. The average Bonchev–Trinajstić information content (AvgIpc) is 2.57. The molecule has 0 saturated heterocycles. The molecule has 0 amide bonds. The van der Waals surface area contributed by atoms with Crippen molar-refractivity contribution in [3.05, 3.63) is 17.5 Å². The molecular weight excluding hydrogens is 211 g/mol. The van der Waals surface area contributed by atoms with Gasteiger partial charge >= 0.3 is 6.18 Å². The van der Waals surface area contributed by atoms with Gasteiger partial charge in [0.25, 0.3) is 0 Å². The van der Waals surface area contributed by atoms with Crippen LogP contribution in [-0.2, 0) is 24.0 Å². The smallest absolute Gasteiger partial charge is 0.383 e. The van der Waals surface area contributed by atoms with E-state index in [1.807, 2.05) is 0 Å². The molecule has 1 aromatic rings. The zero-order chi connectivity index (χ0) is 11.5. The maximum absolute atomic E-state index is 12.3. The third-order valence-electron chi connectivity index (χ3n) is 1.87. The van der Waals surface area contributed by atoms with Gasteiger partial charge in [-0.25, -0.2) is 0 Å². The Kier molecular flexibility index (Phi) is 3.70. The van der Waals surface area contributed by atoms with Crippen molar-refractivity contribution in [2.24, 2.45) is 5.73 Å². The fourth-order valence-electron chi connectivity index (χ4n) is 1.13. The van der Waals surface area contributed by atoms with Crippen LogP contribution in [0.5, 0.6) is 0 Å². The van der Waals surface area contributed by atoms with Crippen molar-refractivity contribution in [2.45, 2.75) is 19.3 Å². The van der Waals surface area contributed by atoms with E-state index in [1.54, 1.807) is 0 Å². The third-order valence-corrected chi connectivity index (χ3v) is 1.87. The molecule has 0 aliphatic heterocycles. The summed E-state index contributed by atoms with van der Waals surface area (Å²) in [6, 6.07) is 0.954. The van der Waals surface area contributed by atoms with Crippen LogP contribution in [0.15, 0.2) is 6.07 Å². The molecule has 0 radical (unpaired) electrons. The van der Waals surface area contributed by atoms with E-state index in [0.29, 0.717) is 12.3 Å². The zero-order valence-electron chi connectivity index (χ0n) is 8.21. The summed E-state index contributed by atoms with van der Waals surface area (Å²) < 4.78 is 42.8. The molecule has 86 valence electrons. The van der Waals surface area contributed by atoms with E-state index < -0.39 is 11.9 Å². The maximum atomic E-state index is 12.3. The highest BCUT2D eigenvalue weighted by Crippen LogP contribution is 2.28. The van der Waals surface area contributed by atoms with E-state index in [4.69, 9.17) is 10.5 Å². The van der Waals surface area contributed by atoms with E-state index in [2.05, 4.69) is 5.10 Å². The Balaban J connectivity index is 2.90. The Hall–Kier alpha value is -1.08. The number of halogens is 3. The Morgan fingerprint density at radius 2 is 2.20 bits per heavy atom. The second kappa shape index (κ2) is 4.63. The number of hydrogen-bond acceptors (Lipinski definition) is 3. The minimum Gasteiger partial charge on any atom is -0.383 e. The van der Waals surface area contributed by atoms with Crippen LogP contribution >= 0.6 is 0 Å². The molecule has 0 unspecified atom stereocenters. The predicted octanol–water partition coefficient (Wildman–Crippen LogP) is 1.01. The second-order valence-electron chi connectivity index (χ2n) is 2.94. The highest BCUT2D eigenvalue weighted by Gasteiger charge is 2.34. The fraction of sp³-hybridized carbons (Fsp3) is 0.625. The minimum absolute atomic E-state index is 0.0206. The molecule has 0 aliphatic carbocycles. The molecule has 15 heavy (non-hydrogen) atoms. The van der Waals surface area contributed by atoms with E-state index in [-0.39, 0.29) is 13.1 Å². The van der Waals surface area contributed by atoms with Crippen LogP contribution in [0.3, 0.4) is 0 Å². The van der Waals surface area contributed by atoms with Gasteiger partial charge in [-0.15, -0.1) is 0 Å². The average molecular weight is 223 g/mol. The van der Waals surface area contributed by atoms with Crippen molar-refractivity contribution in [3.8, 4) is 0 Å². The molecule has 0 saturated carbocycles. The van der Waals surface area contributed by atoms with Gasteiger partial charge in [-0.1, -0.05) is 0 Å². The van der Waals surface area contributed by atoms with Crippen LogP contribution < -0.4 is 5.73 Å². The summed E-state index contributed by atoms with van der Waals surface area (Å²) in [5.41, 5.74) is 4.74. The predicted molar refractivity (Wildman–Crippen MR) is 47.0 cm³/mol. The number of alkyl halides is 3. The summed E-state index contributed by atoms with van der Waals surface area (Å²) in [5.74, 6) is 0. The van der Waals surface area contributed by atoms with Crippen LogP contribution in [0, 0.1) is 0 Å². The van der Waals surface area contributed by atoms with Crippen molar-refractivity contribution < 1.29 is 17.9 Å². The van der Waals surface area contributed by atoms with Gasteiger partial charge in [-0.3, -0.25) is 4.68 Å². The van der Waals surface area contributed by atoms with Gasteiger partial charge in [0.15, 0.2) is 5.69 Å². The number of aromatic nitrogens is 2. The molecule has 0 atom stereocenters. The number of methoxy groups -OCH3 is 1. The van der Waals surface area contributed by atoms with Crippen LogP contribution in [-0.4, -0.2) is 23.5 Å². The van der Waals surface area contributed by atoms with E-state index >= 15 is 0 Å². The van der Waals surface area contributed by atoms with Crippen LogP contribution in [0.25, 0.3) is 0 Å². The first-order chi connectivity index (χ1) is 6.99. The lowest BCUT2D eigenvalue weighted by Gasteiger charge is -2.04. The quantitative estimate of drug-likeness (QED) is 0.828. The second-order valence-corrected chi connectivity index (χ2v) is 2.94. The normalized spacial score (nSPS) is 12.1. The molecule has 2 N–H and O–H groups in total. The van der Waals surface area contributed by atoms with Crippen LogP contribution in [0.2, 0.25) is 0 Å². The van der Waals surface area contributed by atoms with Gasteiger partial charge < -0.3 is 10.5 Å². The minimum atomic E-state index is -4.43. The maximum Gasteiger partial charge on any atom is 0.435 e. The monoisotopic (exact) mass is 223 g/mol. The molecule has 0 aromatic carbocycles. The Labute approximate surface area is 84.8 Å². The van der Waals surface area contributed by atoms with Crippen LogP contribution in [0.4, 0.5) is 13.2 Å². The zero-order valence-corrected chi connectivity index (χ0v) is 8.21. The Bertz CT molecular complexity index is 321. The summed E-state index contributed by atoms with van der Waals surface area (Å²) in [7, 11) is 1.47. The summed E-state index contributed by atoms with van der Waals surface area (Å²) in [5, 5.41) is 3.42. The molecule has 1 aromatic heterocycles. The van der Waals surface area contributed by atoms with Gasteiger partial charge in [0.1, 0.15) is 0 Å². The lowest BCUT2D eigenvalue weighted by molar-refractivity contribution is -0.141. The number of ether oxygens (including phenoxy) is 1. The molecule has 0 bridgehead atoms. The summed E-state index contributed by atoms with van der Waals surface area (Å²) in [6.45, 7) is 0.581. The van der Waals surface area contributed by atoms with Gasteiger partial charge in [-0.2, -0.15) is 18.3 Å². The van der Waals surface area contributed by atoms with Crippen molar-refractivity contribution >= 4 is 0 Å². The van der Waals surface area contributed by atoms with E-state index in [0.717, 1.165) is 6.07 Å². The lowest BCUT2D eigenvalue weighted by Crippen LogP contribution is -2.13. The molecule has 1 rings (SSSR count). The van der Waals surface area contributed by atoms with Crippen molar-refractivity contribution in [1.29, 1.82) is 0 Å². The number of hydrogen-bond donors (Lipinski definition) is 1. The Morgan fingerprint density at radius 1 is 1.53 bits per heavy atom. The first-order valence-corrected chi connectivity index (χ1v) is 4.32. The van der Waals surface area contributed by atoms with Crippen LogP contribution in [0.1, 0.15) is 11.4 Å². The first-order valence-electron chi connectivity index (χ1n) is 4.32. The van der Waals surface area contributed by atoms with Crippen molar-refractivity contribution in [1.82, 2.24) is 9.78 Å². The summed E-state index contributed by atoms with van der Waals surface area (Å²) in [4.78, 5) is 0. The van der Waals surface area contributed by atoms with E-state index in [1.165, 1.54) is 11.8 Å². The SMILES string of the molecule is COCCn1nc(C(F)(F)F)cc1CN. The highest BCUT2D eigenvalue weighted by molar-refractivity contribution is 5.13. The fourth-order valence-corrected chi connectivity index (χ4v) is 1.13. The number of nitrogens with two attached hydrogens (primary N) is 1. The molecule has 0 spiro atoms. The molecule has 0 aliphatic rings. The van der Waals surface area contributed by atoms with Crippen molar-refractivity contribution in [3.63, 3.8) is 0 Å². The highest BCUT2D eigenvalue weighted by atomic mass is 19.4. The van der Waals surface area contributed by atoms with Gasteiger partial charge in [0, 0.05) is 13.7 Å². The largest absolute Gasteiger partial charge is 0.435 e. The lowest BCUT2D eigenvalue weighted by atomic mass is 10.3. The van der Waals surface area contributed by atoms with E-state index in [9.17, 15) is 13.2 Å². The first kappa shape index (κ1) is 12.0. The third kappa shape index (κ3) is 2.93. The molecular formula is C8H12F3N3O. The molecule has 1 heterocycles. The number of rotatable bonds is 4. The van der Waals surface area contributed by atoms with Crippen molar-refractivity contribution in [2.75, 3.05) is 13.7 Å². The number of nitrogens with zero attached hydrogens (tertiary/aromatic N) is 2. The summed E-state index contributed by atoms with van der Waals surface area (Å²) >= 11 is 0. The summed E-state index contributed by atoms with van der Waals surface area (Å²) in [6.07, 6.45) is -4.43. The Morgan fingerprint density at radius 3 is 2.67 bits per heavy atom. The van der Waals surface area contributed by atoms with Gasteiger partial charge in [0.05, 0.1) is 18.8 Å². The van der Waals surface area contributed by atoms with Gasteiger partial charge in [0.2, 0.25) is 0 Å². The standard InChI is InChI=1S/C8H12F3N3O/c1-15-3-2-14-6(5-12)4-7(13-14)8(9,10)11/h4H,2-3,5,12H2,1H3. The molecule has 0 fully saturated rings. The topological polar surface area (TPSA) is 53.1 Å². The van der Waals surface area contributed by atoms with Gasteiger partial charge in [-0.05, 0) is 6.07 Å².